The van der Waals surface area contributed by atoms with Crippen LogP contribution in [0.2, 0.25) is 0 Å². The Kier molecular flexibility index (Phi) is 5.41. The lowest BCUT2D eigenvalue weighted by Gasteiger charge is -2.46. The van der Waals surface area contributed by atoms with Gasteiger partial charge in [0.05, 0.1) is 0 Å². The summed E-state index contributed by atoms with van der Waals surface area (Å²) in [5, 5.41) is 3.22. The number of carbonyl (C=O) groups is 1. The molecule has 0 radical (unpaired) electrons. The van der Waals surface area contributed by atoms with Gasteiger partial charge in [0.1, 0.15) is 0 Å². The normalized spacial score (nSPS) is 34.7. The van der Waals surface area contributed by atoms with Crippen molar-refractivity contribution >= 4 is 17.7 Å². The van der Waals surface area contributed by atoms with Crippen molar-refractivity contribution in [3.8, 4) is 0 Å². The van der Waals surface area contributed by atoms with Crippen LogP contribution in [0, 0.1) is 23.2 Å². The lowest BCUT2D eigenvalue weighted by Crippen LogP contribution is -2.52. The van der Waals surface area contributed by atoms with E-state index < -0.39 is 0 Å². The van der Waals surface area contributed by atoms with Crippen molar-refractivity contribution in [1.29, 1.82) is 0 Å². The second kappa shape index (κ2) is 6.69. The predicted octanol–water partition coefficient (Wildman–Crippen LogP) is 2.65. The number of hydrogen-bond donors (Lipinski definition) is 2. The molecule has 3 atom stereocenters. The fourth-order valence-corrected chi connectivity index (χ4v) is 4.84. The number of carbonyl (C=O) groups excluding carboxylic acids is 1. The molecule has 116 valence electrons. The Morgan fingerprint density at radius 2 is 1.90 bits per heavy atom. The van der Waals surface area contributed by atoms with E-state index in [9.17, 15) is 4.79 Å². The molecule has 1 aliphatic carbocycles. The van der Waals surface area contributed by atoms with E-state index in [-0.39, 0.29) is 23.3 Å². The van der Waals surface area contributed by atoms with E-state index in [0.717, 1.165) is 19.4 Å². The number of amides is 1. The van der Waals surface area contributed by atoms with Crippen molar-refractivity contribution in [2.45, 2.75) is 52.5 Å². The minimum absolute atomic E-state index is 0.00413. The van der Waals surface area contributed by atoms with E-state index in [4.69, 9.17) is 5.73 Å². The lowest BCUT2D eigenvalue weighted by atomic mass is 9.61. The van der Waals surface area contributed by atoms with Crippen molar-refractivity contribution in [2.24, 2.45) is 28.9 Å². The van der Waals surface area contributed by atoms with E-state index in [1.807, 2.05) is 11.8 Å². The van der Waals surface area contributed by atoms with Crippen LogP contribution in [0.4, 0.5) is 0 Å². The number of nitrogens with one attached hydrogen (secondary N) is 1. The van der Waals surface area contributed by atoms with Gasteiger partial charge in [-0.15, -0.1) is 0 Å². The topological polar surface area (TPSA) is 55.1 Å². The first-order valence-electron chi connectivity index (χ1n) is 8.04. The number of rotatable bonds is 3. The van der Waals surface area contributed by atoms with Crippen molar-refractivity contribution < 1.29 is 4.79 Å². The van der Waals surface area contributed by atoms with Gasteiger partial charge < -0.3 is 11.1 Å². The van der Waals surface area contributed by atoms with Crippen LogP contribution in [-0.4, -0.2) is 30.0 Å². The third-order valence-electron chi connectivity index (χ3n) is 5.72. The Morgan fingerprint density at radius 3 is 2.55 bits per heavy atom. The molecule has 1 saturated heterocycles. The first kappa shape index (κ1) is 16.2. The van der Waals surface area contributed by atoms with Gasteiger partial charge in [-0.3, -0.25) is 4.79 Å². The Balaban J connectivity index is 1.88. The summed E-state index contributed by atoms with van der Waals surface area (Å²) in [7, 11) is 0. The zero-order valence-electron chi connectivity index (χ0n) is 13.2. The van der Waals surface area contributed by atoms with Crippen molar-refractivity contribution in [3.63, 3.8) is 0 Å². The molecular formula is C16H30N2OS. The maximum atomic E-state index is 12.6. The first-order chi connectivity index (χ1) is 9.43. The predicted molar refractivity (Wildman–Crippen MR) is 86.7 cm³/mol. The van der Waals surface area contributed by atoms with Gasteiger partial charge in [0.15, 0.2) is 0 Å². The summed E-state index contributed by atoms with van der Waals surface area (Å²) in [6.45, 7) is 7.48. The molecule has 1 aliphatic heterocycles. The highest BCUT2D eigenvalue weighted by atomic mass is 32.2. The van der Waals surface area contributed by atoms with Crippen molar-refractivity contribution in [3.05, 3.63) is 0 Å². The molecule has 20 heavy (non-hydrogen) atoms. The molecule has 2 aliphatic rings. The highest BCUT2D eigenvalue weighted by molar-refractivity contribution is 7.99. The molecule has 1 saturated carbocycles. The molecule has 3 nitrogen and oxygen atoms in total. The molecular weight excluding hydrogens is 268 g/mol. The van der Waals surface area contributed by atoms with Gasteiger partial charge in [0, 0.05) is 18.5 Å². The van der Waals surface area contributed by atoms with Gasteiger partial charge in [0.25, 0.3) is 0 Å². The van der Waals surface area contributed by atoms with E-state index in [1.165, 1.54) is 24.3 Å². The standard InChI is InChI=1S/C16H30N2OS/c1-11-14(17)5-4-13(16(11,2)3)15(19)18-10-12-6-8-20-9-7-12/h11-14H,4-10,17H2,1-3H3,(H,18,19). The molecule has 0 aromatic heterocycles. The maximum Gasteiger partial charge on any atom is 0.223 e. The summed E-state index contributed by atoms with van der Waals surface area (Å²) in [5.74, 6) is 3.97. The molecule has 1 amide bonds. The van der Waals surface area contributed by atoms with Gasteiger partial charge in [-0.05, 0) is 54.4 Å². The van der Waals surface area contributed by atoms with Crippen LogP contribution in [0.3, 0.4) is 0 Å². The first-order valence-corrected chi connectivity index (χ1v) is 9.19. The van der Waals surface area contributed by atoms with Gasteiger partial charge in [-0.2, -0.15) is 11.8 Å². The molecule has 0 bridgehead atoms. The molecule has 4 heteroatoms. The average Bonchev–Trinajstić information content (AvgIpc) is 2.43. The summed E-state index contributed by atoms with van der Waals surface area (Å²) < 4.78 is 0. The Hall–Kier alpha value is -0.220. The van der Waals surface area contributed by atoms with E-state index in [0.29, 0.717) is 11.8 Å². The van der Waals surface area contributed by atoms with Crippen LogP contribution in [0.1, 0.15) is 46.5 Å². The lowest BCUT2D eigenvalue weighted by molar-refractivity contribution is -0.132. The van der Waals surface area contributed by atoms with Gasteiger partial charge in [0.2, 0.25) is 5.91 Å². The number of thioether (sulfide) groups is 1. The second-order valence-electron chi connectivity index (χ2n) is 7.20. The quantitative estimate of drug-likeness (QED) is 0.842. The average molecular weight is 298 g/mol. The Morgan fingerprint density at radius 1 is 1.25 bits per heavy atom. The molecule has 2 fully saturated rings. The monoisotopic (exact) mass is 298 g/mol. The SMILES string of the molecule is CC1C(N)CCC(C(=O)NCC2CCSCC2)C1(C)C. The second-order valence-corrected chi connectivity index (χ2v) is 8.43. The summed E-state index contributed by atoms with van der Waals surface area (Å²) in [6, 6.07) is 0.240. The smallest absolute Gasteiger partial charge is 0.223 e. The molecule has 3 N–H and O–H groups in total. The zero-order valence-corrected chi connectivity index (χ0v) is 14.0. The zero-order chi connectivity index (χ0) is 14.8. The largest absolute Gasteiger partial charge is 0.356 e. The molecule has 2 rings (SSSR count). The number of hydrogen-bond acceptors (Lipinski definition) is 3. The summed E-state index contributed by atoms with van der Waals surface area (Å²) >= 11 is 2.03. The molecule has 0 aromatic carbocycles. The van der Waals surface area contributed by atoms with Crippen LogP contribution in [-0.2, 0) is 4.79 Å². The van der Waals surface area contributed by atoms with Crippen molar-refractivity contribution in [2.75, 3.05) is 18.1 Å². The van der Waals surface area contributed by atoms with Crippen molar-refractivity contribution in [1.82, 2.24) is 5.32 Å². The van der Waals surface area contributed by atoms with Crippen LogP contribution >= 0.6 is 11.8 Å². The summed E-state index contributed by atoms with van der Waals surface area (Å²) in [4.78, 5) is 12.6. The highest BCUT2D eigenvalue weighted by Crippen LogP contribution is 2.44. The minimum Gasteiger partial charge on any atom is -0.356 e. The van der Waals surface area contributed by atoms with E-state index in [2.05, 4.69) is 26.1 Å². The maximum absolute atomic E-state index is 12.6. The van der Waals surface area contributed by atoms with E-state index >= 15 is 0 Å². The summed E-state index contributed by atoms with van der Waals surface area (Å²) in [5.41, 5.74) is 6.18. The van der Waals surface area contributed by atoms with Crippen LogP contribution in [0.25, 0.3) is 0 Å². The Labute approximate surface area is 127 Å². The number of nitrogens with two attached hydrogens (primary N) is 1. The molecule has 3 unspecified atom stereocenters. The highest BCUT2D eigenvalue weighted by Gasteiger charge is 2.44. The summed E-state index contributed by atoms with van der Waals surface area (Å²) in [6.07, 6.45) is 4.41. The fourth-order valence-electron chi connectivity index (χ4n) is 3.64. The molecule has 1 heterocycles. The van der Waals surface area contributed by atoms with Gasteiger partial charge >= 0.3 is 0 Å². The van der Waals surface area contributed by atoms with Gasteiger partial charge in [-0.1, -0.05) is 20.8 Å². The molecule has 0 spiro atoms. The fraction of sp³-hybridized carbons (Fsp3) is 0.938. The molecule has 0 aromatic rings. The third kappa shape index (κ3) is 3.51. The third-order valence-corrected chi connectivity index (χ3v) is 6.77. The van der Waals surface area contributed by atoms with Crippen LogP contribution in [0.15, 0.2) is 0 Å². The van der Waals surface area contributed by atoms with Gasteiger partial charge in [-0.25, -0.2) is 0 Å². The Bertz CT molecular complexity index is 339. The van der Waals surface area contributed by atoms with Crippen LogP contribution in [0.5, 0.6) is 0 Å². The van der Waals surface area contributed by atoms with Crippen LogP contribution < -0.4 is 11.1 Å². The van der Waals surface area contributed by atoms with E-state index in [1.54, 1.807) is 0 Å². The minimum atomic E-state index is 0.00413.